The molecule has 9 nitrogen and oxygen atoms in total. The first-order chi connectivity index (χ1) is 15.1. The molecule has 1 heterocycles. The van der Waals surface area contributed by atoms with Gasteiger partial charge in [-0.15, -0.1) is 0 Å². The number of carbonyl (C=O) groups is 1. The van der Waals surface area contributed by atoms with Crippen molar-refractivity contribution in [3.8, 4) is 5.75 Å². The maximum absolute atomic E-state index is 13.0. The van der Waals surface area contributed by atoms with Gasteiger partial charge >= 0.3 is 5.69 Å². The molecule has 1 aliphatic heterocycles. The van der Waals surface area contributed by atoms with Crippen molar-refractivity contribution < 1.29 is 22.9 Å². The number of nitrogens with one attached hydrogen (secondary N) is 1. The molecule has 0 radical (unpaired) electrons. The second kappa shape index (κ2) is 9.66. The lowest BCUT2D eigenvalue weighted by atomic mass is 9.94. The van der Waals surface area contributed by atoms with Gasteiger partial charge in [-0.3, -0.25) is 14.9 Å². The van der Waals surface area contributed by atoms with Crippen LogP contribution in [0, 0.1) is 22.0 Å². The van der Waals surface area contributed by atoms with Gasteiger partial charge in [-0.2, -0.15) is 4.31 Å². The number of hydrogen-bond donors (Lipinski definition) is 1. The van der Waals surface area contributed by atoms with Crippen molar-refractivity contribution in [2.24, 2.45) is 11.8 Å². The first-order valence-electron chi connectivity index (χ1n) is 10.4. The summed E-state index contributed by atoms with van der Waals surface area (Å²) in [5.74, 6) is 0.130. The van der Waals surface area contributed by atoms with Gasteiger partial charge in [0.1, 0.15) is 0 Å². The molecule has 2 aromatic carbocycles. The van der Waals surface area contributed by atoms with Gasteiger partial charge in [-0.05, 0) is 61.6 Å². The number of hydrogen-bond acceptors (Lipinski definition) is 6. The van der Waals surface area contributed by atoms with Crippen LogP contribution in [0.15, 0.2) is 47.4 Å². The third kappa shape index (κ3) is 5.25. The van der Waals surface area contributed by atoms with Gasteiger partial charge in [0.15, 0.2) is 5.75 Å². The topological polar surface area (TPSA) is 119 Å². The molecule has 1 fully saturated rings. The average Bonchev–Trinajstić information content (AvgIpc) is 2.73. The van der Waals surface area contributed by atoms with E-state index in [0.717, 1.165) is 12.5 Å². The number of sulfonamides is 1. The molecule has 2 unspecified atom stereocenters. The van der Waals surface area contributed by atoms with Crippen LogP contribution in [0.1, 0.15) is 37.6 Å². The lowest BCUT2D eigenvalue weighted by Gasteiger charge is -2.34. The van der Waals surface area contributed by atoms with Crippen LogP contribution in [0.3, 0.4) is 0 Å². The number of piperidine rings is 1. The highest BCUT2D eigenvalue weighted by molar-refractivity contribution is 7.89. The number of nitro benzene ring substituents is 1. The third-order valence-corrected chi connectivity index (χ3v) is 7.15. The highest BCUT2D eigenvalue weighted by atomic mass is 32.2. The Morgan fingerprint density at radius 3 is 2.34 bits per heavy atom. The fourth-order valence-electron chi connectivity index (χ4n) is 3.94. The summed E-state index contributed by atoms with van der Waals surface area (Å²) in [7, 11) is -3.62. The first kappa shape index (κ1) is 23.7. The fraction of sp³-hybridized carbons (Fsp3) is 0.409. The number of nitrogens with zero attached hydrogens (tertiary/aromatic N) is 2. The van der Waals surface area contributed by atoms with Crippen molar-refractivity contribution in [1.29, 1.82) is 0 Å². The molecule has 32 heavy (non-hydrogen) atoms. The van der Waals surface area contributed by atoms with Gasteiger partial charge in [0.05, 0.1) is 16.4 Å². The van der Waals surface area contributed by atoms with Gasteiger partial charge in [0, 0.05) is 30.4 Å². The maximum Gasteiger partial charge on any atom is 0.311 e. The first-order valence-corrected chi connectivity index (χ1v) is 11.9. The summed E-state index contributed by atoms with van der Waals surface area (Å²) in [6.45, 7) is 7.03. The molecule has 172 valence electrons. The molecule has 0 spiro atoms. The molecule has 0 saturated carbocycles. The summed E-state index contributed by atoms with van der Waals surface area (Å²) in [4.78, 5) is 23.4. The van der Waals surface area contributed by atoms with Gasteiger partial charge in [0.25, 0.3) is 5.91 Å². The number of rotatable bonds is 7. The molecule has 2 atom stereocenters. The zero-order valence-corrected chi connectivity index (χ0v) is 19.1. The van der Waals surface area contributed by atoms with E-state index in [9.17, 15) is 23.3 Å². The Labute approximate surface area is 187 Å². The molecule has 1 amide bonds. The Morgan fingerprint density at radius 1 is 1.16 bits per heavy atom. The normalized spacial score (nSPS) is 19.3. The summed E-state index contributed by atoms with van der Waals surface area (Å²) in [5.41, 5.74) is 0.171. The van der Waals surface area contributed by atoms with Gasteiger partial charge in [-0.1, -0.05) is 13.8 Å². The molecule has 3 rings (SSSR count). The predicted molar refractivity (Wildman–Crippen MR) is 120 cm³/mol. The molecule has 2 aromatic rings. The van der Waals surface area contributed by atoms with Gasteiger partial charge < -0.3 is 10.1 Å². The highest BCUT2D eigenvalue weighted by Gasteiger charge is 2.31. The number of anilines is 1. The lowest BCUT2D eigenvalue weighted by Crippen LogP contribution is -2.42. The molecular weight excluding hydrogens is 434 g/mol. The van der Waals surface area contributed by atoms with E-state index in [1.165, 1.54) is 40.7 Å². The Balaban J connectivity index is 1.75. The number of ether oxygens (including phenoxy) is 1. The molecule has 0 aliphatic carbocycles. The van der Waals surface area contributed by atoms with Crippen LogP contribution in [0.2, 0.25) is 0 Å². The second-order valence-electron chi connectivity index (χ2n) is 8.12. The van der Waals surface area contributed by atoms with Crippen molar-refractivity contribution in [1.82, 2.24) is 4.31 Å². The SMILES string of the molecule is CCOc1ccc(C(=O)Nc2ccc(S(=O)(=O)N3CC(C)CC(C)C3)cc2)cc1[N+](=O)[O-]. The third-order valence-electron chi connectivity index (χ3n) is 5.30. The fourth-order valence-corrected chi connectivity index (χ4v) is 5.62. The van der Waals surface area contributed by atoms with E-state index >= 15 is 0 Å². The van der Waals surface area contributed by atoms with Crippen LogP contribution in [-0.2, 0) is 10.0 Å². The summed E-state index contributed by atoms with van der Waals surface area (Å²) in [6, 6.07) is 9.88. The minimum atomic E-state index is -3.62. The number of carbonyl (C=O) groups excluding carboxylic acids is 1. The Hall–Kier alpha value is -2.98. The largest absolute Gasteiger partial charge is 0.487 e. The van der Waals surface area contributed by atoms with E-state index in [0.29, 0.717) is 30.6 Å². The van der Waals surface area contributed by atoms with Crippen LogP contribution in [0.25, 0.3) is 0 Å². The number of nitro groups is 1. The maximum atomic E-state index is 13.0. The molecule has 0 bridgehead atoms. The summed E-state index contributed by atoms with van der Waals surface area (Å²) in [6.07, 6.45) is 1.00. The van der Waals surface area contributed by atoms with Crippen LogP contribution in [0.4, 0.5) is 11.4 Å². The monoisotopic (exact) mass is 461 g/mol. The van der Waals surface area contributed by atoms with Crippen LogP contribution >= 0.6 is 0 Å². The summed E-state index contributed by atoms with van der Waals surface area (Å²) >= 11 is 0. The van der Waals surface area contributed by atoms with Crippen LogP contribution in [0.5, 0.6) is 5.75 Å². The molecule has 10 heteroatoms. The van der Waals surface area contributed by atoms with Crippen LogP contribution in [-0.4, -0.2) is 43.2 Å². The molecule has 0 aromatic heterocycles. The smallest absolute Gasteiger partial charge is 0.311 e. The Bertz CT molecular complexity index is 1090. The predicted octanol–water partition coefficient (Wildman–Crippen LogP) is 3.91. The zero-order valence-electron chi connectivity index (χ0n) is 18.3. The van der Waals surface area contributed by atoms with Gasteiger partial charge in [0.2, 0.25) is 10.0 Å². The van der Waals surface area contributed by atoms with Crippen molar-refractivity contribution >= 4 is 27.3 Å². The number of amides is 1. The minimum Gasteiger partial charge on any atom is -0.487 e. The molecule has 1 saturated heterocycles. The van der Waals surface area contributed by atoms with E-state index in [2.05, 4.69) is 5.32 Å². The minimum absolute atomic E-state index is 0.0879. The second-order valence-corrected chi connectivity index (χ2v) is 10.1. The molecular formula is C22H27N3O6S. The van der Waals surface area contributed by atoms with E-state index in [-0.39, 0.29) is 28.5 Å². The van der Waals surface area contributed by atoms with E-state index < -0.39 is 20.9 Å². The Kier molecular flexibility index (Phi) is 7.15. The highest BCUT2D eigenvalue weighted by Crippen LogP contribution is 2.29. The Morgan fingerprint density at radius 2 is 1.78 bits per heavy atom. The average molecular weight is 462 g/mol. The van der Waals surface area contributed by atoms with Gasteiger partial charge in [-0.25, -0.2) is 8.42 Å². The lowest BCUT2D eigenvalue weighted by molar-refractivity contribution is -0.385. The summed E-state index contributed by atoms with van der Waals surface area (Å²) < 4.78 is 32.7. The standard InChI is InChI=1S/C22H27N3O6S/c1-4-31-21-10-5-17(12-20(21)25(27)28)22(26)23-18-6-8-19(9-7-18)32(29,30)24-13-15(2)11-16(3)14-24/h5-10,12,15-16H,4,11,13-14H2,1-3H3,(H,23,26). The van der Waals surface area contributed by atoms with E-state index in [1.54, 1.807) is 6.92 Å². The van der Waals surface area contributed by atoms with Crippen molar-refractivity contribution in [2.45, 2.75) is 32.1 Å². The number of benzene rings is 2. The van der Waals surface area contributed by atoms with Crippen molar-refractivity contribution in [2.75, 3.05) is 25.0 Å². The quantitative estimate of drug-likeness (QED) is 0.493. The van der Waals surface area contributed by atoms with Crippen LogP contribution < -0.4 is 10.1 Å². The van der Waals surface area contributed by atoms with E-state index in [1.807, 2.05) is 13.8 Å². The molecule has 1 N–H and O–H groups in total. The van der Waals surface area contributed by atoms with Crippen molar-refractivity contribution in [3.05, 3.63) is 58.1 Å². The van der Waals surface area contributed by atoms with Crippen molar-refractivity contribution in [3.63, 3.8) is 0 Å². The molecule has 1 aliphatic rings. The summed E-state index contributed by atoms with van der Waals surface area (Å²) in [5, 5.41) is 13.9. The van der Waals surface area contributed by atoms with E-state index in [4.69, 9.17) is 4.74 Å². The zero-order chi connectivity index (χ0) is 23.5.